The number of halogens is 2. The molecular weight excluding hydrogens is 474 g/mol. The van der Waals surface area contributed by atoms with E-state index in [0.717, 1.165) is 56.3 Å². The Morgan fingerprint density at radius 2 is 1.08 bits per heavy atom. The molecule has 0 radical (unpaired) electrons. The molecule has 0 unspecified atom stereocenters. The maximum absolute atomic E-state index is 15.0. The second-order valence-electron chi connectivity index (χ2n) is 12.8. The summed E-state index contributed by atoms with van der Waals surface area (Å²) in [6.45, 7) is 4.96. The molecule has 0 aromatic heterocycles. The fourth-order valence-corrected chi connectivity index (χ4v) is 7.12. The number of ether oxygens (including phenoxy) is 1. The molecule has 1 nitrogen and oxygen atoms in total. The summed E-state index contributed by atoms with van der Waals surface area (Å²) in [7, 11) is 0. The Hall–Kier alpha value is -1.12. The van der Waals surface area contributed by atoms with Crippen LogP contribution in [0.4, 0.5) is 8.78 Å². The lowest BCUT2D eigenvalue weighted by molar-refractivity contribution is 0.221. The van der Waals surface area contributed by atoms with Gasteiger partial charge in [-0.3, -0.25) is 0 Å². The molecule has 0 N–H and O–H groups in total. The number of hydrogen-bond acceptors (Lipinski definition) is 1. The lowest BCUT2D eigenvalue weighted by Gasteiger charge is -2.32. The topological polar surface area (TPSA) is 9.23 Å². The maximum Gasteiger partial charge on any atom is 0.200 e. The Labute approximate surface area is 233 Å². The van der Waals surface area contributed by atoms with Crippen molar-refractivity contribution < 1.29 is 13.5 Å². The highest BCUT2D eigenvalue weighted by Gasteiger charge is 2.28. The van der Waals surface area contributed by atoms with E-state index in [4.69, 9.17) is 4.74 Å². The Balaban J connectivity index is 1.31. The van der Waals surface area contributed by atoms with Crippen molar-refractivity contribution in [2.75, 3.05) is 6.61 Å². The third-order valence-corrected chi connectivity index (χ3v) is 9.78. The minimum Gasteiger partial charge on any atom is -0.490 e. The highest BCUT2D eigenvalue weighted by Crippen LogP contribution is 2.42. The summed E-state index contributed by atoms with van der Waals surface area (Å²) < 4.78 is 35.3. The molecule has 3 heteroatoms. The van der Waals surface area contributed by atoms with E-state index in [2.05, 4.69) is 13.8 Å². The summed E-state index contributed by atoms with van der Waals surface area (Å²) in [6, 6.07) is 3.46. The van der Waals surface area contributed by atoms with Crippen LogP contribution in [0.1, 0.15) is 167 Å². The van der Waals surface area contributed by atoms with Gasteiger partial charge in [0.25, 0.3) is 0 Å². The molecule has 0 aliphatic heterocycles. The third kappa shape index (κ3) is 10.8. The molecule has 0 heterocycles. The fourth-order valence-electron chi connectivity index (χ4n) is 7.12. The summed E-state index contributed by atoms with van der Waals surface area (Å²) in [6.07, 6.45) is 28.2. The van der Waals surface area contributed by atoms with Gasteiger partial charge in [0.15, 0.2) is 11.6 Å². The van der Waals surface area contributed by atoms with Crippen molar-refractivity contribution in [3.05, 3.63) is 29.3 Å². The van der Waals surface area contributed by atoms with E-state index in [1.54, 1.807) is 12.1 Å². The molecule has 0 atom stereocenters. The van der Waals surface area contributed by atoms with E-state index in [9.17, 15) is 8.78 Å². The van der Waals surface area contributed by atoms with Crippen molar-refractivity contribution in [2.45, 2.75) is 161 Å². The molecule has 0 amide bonds. The van der Waals surface area contributed by atoms with Crippen molar-refractivity contribution in [3.8, 4) is 5.75 Å². The Kier molecular flexibility index (Phi) is 15.1. The van der Waals surface area contributed by atoms with Gasteiger partial charge < -0.3 is 4.74 Å². The van der Waals surface area contributed by atoms with E-state index in [1.165, 1.54) is 103 Å². The molecule has 218 valence electrons. The summed E-state index contributed by atoms with van der Waals surface area (Å²) in [5.41, 5.74) is 0.570. The Morgan fingerprint density at radius 3 is 1.68 bits per heavy atom. The minimum absolute atomic E-state index is 0.0831. The molecule has 1 aromatic rings. The highest BCUT2D eigenvalue weighted by atomic mass is 19.2. The Bertz CT molecular complexity index is 747. The van der Waals surface area contributed by atoms with Crippen LogP contribution in [0.3, 0.4) is 0 Å². The summed E-state index contributed by atoms with van der Waals surface area (Å²) in [5.74, 6) is 1.48. The predicted molar refractivity (Wildman–Crippen MR) is 158 cm³/mol. The van der Waals surface area contributed by atoms with Gasteiger partial charge in [0.1, 0.15) is 0 Å². The van der Waals surface area contributed by atoms with Crippen LogP contribution in [0, 0.1) is 29.4 Å². The quantitative estimate of drug-likeness (QED) is 0.171. The second-order valence-corrected chi connectivity index (χ2v) is 12.8. The SMILES string of the molecule is CCCCCCCCOc1ccc(C2CCC(CCC3CCC(CCCCCCC)CC3)CC2)c(F)c1F. The summed E-state index contributed by atoms with van der Waals surface area (Å²) in [5, 5.41) is 0. The van der Waals surface area contributed by atoms with Crippen molar-refractivity contribution in [1.82, 2.24) is 0 Å². The first-order valence-electron chi connectivity index (χ1n) is 16.7. The van der Waals surface area contributed by atoms with Gasteiger partial charge in [0.2, 0.25) is 5.82 Å². The van der Waals surface area contributed by atoms with E-state index in [-0.39, 0.29) is 11.7 Å². The van der Waals surface area contributed by atoms with Crippen molar-refractivity contribution in [1.29, 1.82) is 0 Å². The molecule has 2 aliphatic rings. The normalized spacial score (nSPS) is 24.0. The first-order chi connectivity index (χ1) is 18.6. The minimum atomic E-state index is -0.785. The van der Waals surface area contributed by atoms with Gasteiger partial charge in [0.05, 0.1) is 6.61 Å². The van der Waals surface area contributed by atoms with E-state index >= 15 is 0 Å². The average Bonchev–Trinajstić information content (AvgIpc) is 2.94. The first-order valence-corrected chi connectivity index (χ1v) is 16.7. The smallest absolute Gasteiger partial charge is 0.200 e. The van der Waals surface area contributed by atoms with Crippen LogP contribution in [0.25, 0.3) is 0 Å². The van der Waals surface area contributed by atoms with Gasteiger partial charge in [-0.15, -0.1) is 0 Å². The van der Waals surface area contributed by atoms with E-state index < -0.39 is 11.6 Å². The largest absolute Gasteiger partial charge is 0.490 e. The van der Waals surface area contributed by atoms with Gasteiger partial charge in [-0.05, 0) is 67.4 Å². The van der Waals surface area contributed by atoms with Crippen LogP contribution >= 0.6 is 0 Å². The molecular formula is C35H58F2O. The molecule has 2 saturated carbocycles. The number of benzene rings is 1. The molecule has 0 bridgehead atoms. The second kappa shape index (κ2) is 18.3. The number of unbranched alkanes of at least 4 members (excludes halogenated alkanes) is 9. The number of rotatable bonds is 18. The van der Waals surface area contributed by atoms with Crippen molar-refractivity contribution in [2.24, 2.45) is 17.8 Å². The van der Waals surface area contributed by atoms with E-state index in [0.29, 0.717) is 12.2 Å². The zero-order valence-electron chi connectivity index (χ0n) is 24.9. The van der Waals surface area contributed by atoms with Crippen molar-refractivity contribution in [3.63, 3.8) is 0 Å². The highest BCUT2D eigenvalue weighted by molar-refractivity contribution is 5.33. The number of hydrogen-bond donors (Lipinski definition) is 0. The zero-order valence-corrected chi connectivity index (χ0v) is 24.9. The van der Waals surface area contributed by atoms with Crippen LogP contribution in [0.2, 0.25) is 0 Å². The van der Waals surface area contributed by atoms with Gasteiger partial charge in [0, 0.05) is 0 Å². The van der Waals surface area contributed by atoms with Crippen LogP contribution in [-0.2, 0) is 0 Å². The zero-order chi connectivity index (χ0) is 27.0. The maximum atomic E-state index is 15.0. The lowest BCUT2D eigenvalue weighted by atomic mass is 9.74. The molecule has 3 rings (SSSR count). The van der Waals surface area contributed by atoms with Gasteiger partial charge in [-0.2, -0.15) is 4.39 Å². The summed E-state index contributed by atoms with van der Waals surface area (Å²) >= 11 is 0. The third-order valence-electron chi connectivity index (χ3n) is 9.78. The first kappa shape index (κ1) is 31.4. The average molecular weight is 533 g/mol. The monoisotopic (exact) mass is 532 g/mol. The van der Waals surface area contributed by atoms with E-state index in [1.807, 2.05) is 0 Å². The molecule has 38 heavy (non-hydrogen) atoms. The lowest BCUT2D eigenvalue weighted by Crippen LogP contribution is -2.18. The molecule has 0 spiro atoms. The van der Waals surface area contributed by atoms with Crippen LogP contribution in [-0.4, -0.2) is 6.61 Å². The standard InChI is InChI=1S/C35H58F2O/c1-3-5-7-9-11-13-27-38-33-26-25-32(34(36)35(33)37)31-23-21-30(22-24-31)20-19-29-17-15-28(16-18-29)14-12-10-8-6-4-2/h25-26,28-31H,3-24,27H2,1-2H3. The molecule has 1 aromatic carbocycles. The van der Waals surface area contributed by atoms with Crippen LogP contribution in [0.15, 0.2) is 12.1 Å². The molecule has 0 saturated heterocycles. The van der Waals surface area contributed by atoms with Crippen molar-refractivity contribution >= 4 is 0 Å². The molecule has 2 aliphatic carbocycles. The van der Waals surface area contributed by atoms with Gasteiger partial charge in [-0.25, -0.2) is 4.39 Å². The fraction of sp³-hybridized carbons (Fsp3) is 0.829. The predicted octanol–water partition coefficient (Wildman–Crippen LogP) is 11.9. The van der Waals surface area contributed by atoms with Gasteiger partial charge >= 0.3 is 0 Å². The van der Waals surface area contributed by atoms with Crippen LogP contribution in [0.5, 0.6) is 5.75 Å². The summed E-state index contributed by atoms with van der Waals surface area (Å²) in [4.78, 5) is 0. The van der Waals surface area contributed by atoms with Gasteiger partial charge in [-0.1, -0.05) is 129 Å². The Morgan fingerprint density at radius 1 is 0.579 bits per heavy atom. The van der Waals surface area contributed by atoms with Crippen LogP contribution < -0.4 is 4.74 Å². The molecule has 2 fully saturated rings.